The first-order valence-corrected chi connectivity index (χ1v) is 10.3. The molecular formula is C22H36O. The van der Waals surface area contributed by atoms with Crippen molar-refractivity contribution in [1.29, 1.82) is 0 Å². The average Bonchev–Trinajstić information content (AvgIpc) is 3.02. The van der Waals surface area contributed by atoms with Gasteiger partial charge in [0.15, 0.2) is 0 Å². The summed E-state index contributed by atoms with van der Waals surface area (Å²) in [7, 11) is 0. The summed E-state index contributed by atoms with van der Waals surface area (Å²) in [6, 6.07) is 4.34. The van der Waals surface area contributed by atoms with Crippen LogP contribution in [0.25, 0.3) is 0 Å². The van der Waals surface area contributed by atoms with Gasteiger partial charge in [0.2, 0.25) is 0 Å². The van der Waals surface area contributed by atoms with Crippen LogP contribution in [0.5, 0.6) is 0 Å². The van der Waals surface area contributed by atoms with Gasteiger partial charge in [-0.15, -0.1) is 0 Å². The molecule has 1 heterocycles. The Morgan fingerprint density at radius 1 is 0.870 bits per heavy atom. The van der Waals surface area contributed by atoms with Gasteiger partial charge < -0.3 is 4.42 Å². The van der Waals surface area contributed by atoms with Crippen LogP contribution in [0.4, 0.5) is 0 Å². The predicted molar refractivity (Wildman–Crippen MR) is 97.7 cm³/mol. The second-order valence-electron chi connectivity index (χ2n) is 8.34. The van der Waals surface area contributed by atoms with Crippen molar-refractivity contribution in [3.63, 3.8) is 0 Å². The molecule has 0 amide bonds. The fourth-order valence-corrected chi connectivity index (χ4v) is 5.18. The van der Waals surface area contributed by atoms with E-state index >= 15 is 0 Å². The fraction of sp³-hybridized carbons (Fsp3) is 0.818. The minimum atomic E-state index is 0.699. The first-order valence-electron chi connectivity index (χ1n) is 10.3. The number of unbranched alkanes of at least 4 members (excludes halogenated alkanes) is 2. The van der Waals surface area contributed by atoms with Crippen molar-refractivity contribution >= 4 is 0 Å². The monoisotopic (exact) mass is 316 g/mol. The summed E-state index contributed by atoms with van der Waals surface area (Å²) in [4.78, 5) is 0. The first-order chi connectivity index (χ1) is 11.3. The minimum Gasteiger partial charge on any atom is -0.466 e. The highest BCUT2D eigenvalue weighted by Gasteiger charge is 2.31. The van der Waals surface area contributed by atoms with Crippen LogP contribution in [0, 0.1) is 24.7 Å². The maximum absolute atomic E-state index is 5.86. The molecule has 1 aromatic heterocycles. The maximum atomic E-state index is 5.86. The largest absolute Gasteiger partial charge is 0.466 e. The van der Waals surface area contributed by atoms with Crippen LogP contribution >= 0.6 is 0 Å². The van der Waals surface area contributed by atoms with E-state index in [1.165, 1.54) is 82.8 Å². The van der Waals surface area contributed by atoms with Crippen LogP contribution in [-0.4, -0.2) is 0 Å². The van der Waals surface area contributed by atoms with Crippen LogP contribution < -0.4 is 0 Å². The lowest BCUT2D eigenvalue weighted by Crippen LogP contribution is -2.25. The van der Waals surface area contributed by atoms with Crippen LogP contribution in [-0.2, 0) is 0 Å². The van der Waals surface area contributed by atoms with Gasteiger partial charge in [0.05, 0.1) is 0 Å². The SMILES string of the molecule is CCCCC[C@H]1CC[C@H](C2CCC(c3ccc(C)o3)CC2)CC1. The third-order valence-corrected chi connectivity index (χ3v) is 6.71. The Morgan fingerprint density at radius 2 is 1.52 bits per heavy atom. The lowest BCUT2D eigenvalue weighted by atomic mass is 9.68. The Labute approximate surface area is 143 Å². The van der Waals surface area contributed by atoms with Crippen molar-refractivity contribution in [1.82, 2.24) is 0 Å². The molecule has 2 aliphatic rings. The highest BCUT2D eigenvalue weighted by molar-refractivity contribution is 5.11. The Bertz CT molecular complexity index is 444. The van der Waals surface area contributed by atoms with Gasteiger partial charge >= 0.3 is 0 Å². The number of aryl methyl sites for hydroxylation is 1. The third kappa shape index (κ3) is 4.64. The molecule has 2 saturated carbocycles. The summed E-state index contributed by atoms with van der Waals surface area (Å²) < 4.78 is 5.86. The van der Waals surface area contributed by atoms with Crippen LogP contribution in [0.3, 0.4) is 0 Å². The number of hydrogen-bond acceptors (Lipinski definition) is 1. The Kier molecular flexibility index (Phi) is 6.25. The third-order valence-electron chi connectivity index (χ3n) is 6.71. The van der Waals surface area contributed by atoms with Crippen molar-refractivity contribution in [3.8, 4) is 0 Å². The summed E-state index contributed by atoms with van der Waals surface area (Å²) in [5.41, 5.74) is 0. The maximum Gasteiger partial charge on any atom is 0.107 e. The molecular weight excluding hydrogens is 280 g/mol. The average molecular weight is 317 g/mol. The normalized spacial score (nSPS) is 32.1. The molecule has 0 bridgehead atoms. The second-order valence-corrected chi connectivity index (χ2v) is 8.34. The molecule has 0 N–H and O–H groups in total. The first kappa shape index (κ1) is 17.1. The molecule has 0 aliphatic heterocycles. The molecule has 2 aliphatic carbocycles. The summed E-state index contributed by atoms with van der Waals surface area (Å²) >= 11 is 0. The van der Waals surface area contributed by atoms with E-state index < -0.39 is 0 Å². The van der Waals surface area contributed by atoms with Crippen molar-refractivity contribution in [2.45, 2.75) is 96.8 Å². The van der Waals surface area contributed by atoms with Gasteiger partial charge in [0.1, 0.15) is 11.5 Å². The topological polar surface area (TPSA) is 13.1 Å². The molecule has 0 unspecified atom stereocenters. The molecule has 1 nitrogen and oxygen atoms in total. The zero-order chi connectivity index (χ0) is 16.1. The van der Waals surface area contributed by atoms with E-state index in [1.807, 2.05) is 0 Å². The van der Waals surface area contributed by atoms with E-state index in [4.69, 9.17) is 4.42 Å². The van der Waals surface area contributed by atoms with Crippen molar-refractivity contribution in [3.05, 3.63) is 23.7 Å². The van der Waals surface area contributed by atoms with Gasteiger partial charge in [-0.3, -0.25) is 0 Å². The van der Waals surface area contributed by atoms with E-state index in [0.717, 1.165) is 23.5 Å². The number of hydrogen-bond donors (Lipinski definition) is 0. The lowest BCUT2D eigenvalue weighted by molar-refractivity contribution is 0.152. The molecule has 3 rings (SSSR count). The van der Waals surface area contributed by atoms with E-state index in [0.29, 0.717) is 5.92 Å². The summed E-state index contributed by atoms with van der Waals surface area (Å²) in [6.07, 6.45) is 17.5. The molecule has 130 valence electrons. The van der Waals surface area contributed by atoms with Gasteiger partial charge in [-0.1, -0.05) is 45.4 Å². The van der Waals surface area contributed by atoms with E-state index in [1.54, 1.807) is 0 Å². The lowest BCUT2D eigenvalue weighted by Gasteiger charge is -2.37. The van der Waals surface area contributed by atoms with Crippen molar-refractivity contribution < 1.29 is 4.42 Å². The number of rotatable bonds is 6. The highest BCUT2D eigenvalue weighted by Crippen LogP contribution is 2.44. The zero-order valence-corrected chi connectivity index (χ0v) is 15.4. The highest BCUT2D eigenvalue weighted by atomic mass is 16.3. The predicted octanol–water partition coefficient (Wildman–Crippen LogP) is 7.25. The smallest absolute Gasteiger partial charge is 0.107 e. The van der Waals surface area contributed by atoms with Gasteiger partial charge in [0, 0.05) is 5.92 Å². The van der Waals surface area contributed by atoms with Gasteiger partial charge in [-0.2, -0.15) is 0 Å². The molecule has 1 aromatic rings. The summed E-state index contributed by atoms with van der Waals surface area (Å²) in [6.45, 7) is 4.38. The summed E-state index contributed by atoms with van der Waals surface area (Å²) in [5.74, 6) is 6.13. The van der Waals surface area contributed by atoms with Gasteiger partial charge in [0.25, 0.3) is 0 Å². The molecule has 2 fully saturated rings. The van der Waals surface area contributed by atoms with E-state index in [9.17, 15) is 0 Å². The Morgan fingerprint density at radius 3 is 2.09 bits per heavy atom. The van der Waals surface area contributed by atoms with Crippen LogP contribution in [0.15, 0.2) is 16.5 Å². The Balaban J connectivity index is 1.39. The zero-order valence-electron chi connectivity index (χ0n) is 15.4. The fourth-order valence-electron chi connectivity index (χ4n) is 5.18. The van der Waals surface area contributed by atoms with Gasteiger partial charge in [-0.05, 0) is 75.3 Å². The van der Waals surface area contributed by atoms with Crippen molar-refractivity contribution in [2.75, 3.05) is 0 Å². The Hall–Kier alpha value is -0.720. The molecule has 0 radical (unpaired) electrons. The summed E-state index contributed by atoms with van der Waals surface area (Å²) in [5, 5.41) is 0. The molecule has 0 spiro atoms. The molecule has 1 heteroatoms. The van der Waals surface area contributed by atoms with Gasteiger partial charge in [-0.25, -0.2) is 0 Å². The number of furan rings is 1. The quantitative estimate of drug-likeness (QED) is 0.504. The molecule has 0 saturated heterocycles. The molecule has 0 aromatic carbocycles. The standard InChI is InChI=1S/C22H36O/c1-3-4-5-6-18-8-10-19(11-9-18)20-12-14-21(15-13-20)22-16-7-17(2)23-22/h7,16,18-21H,3-6,8-15H2,1-2H3/t18-,19-,20?,21?. The van der Waals surface area contributed by atoms with E-state index in [2.05, 4.69) is 26.0 Å². The minimum absolute atomic E-state index is 0.699. The van der Waals surface area contributed by atoms with Crippen LogP contribution in [0.1, 0.15) is 101 Å². The molecule has 23 heavy (non-hydrogen) atoms. The molecule has 0 atom stereocenters. The second kappa shape index (κ2) is 8.40. The van der Waals surface area contributed by atoms with Crippen molar-refractivity contribution in [2.24, 2.45) is 17.8 Å². The van der Waals surface area contributed by atoms with Crippen LogP contribution in [0.2, 0.25) is 0 Å². The van der Waals surface area contributed by atoms with E-state index in [-0.39, 0.29) is 0 Å².